The molecule has 0 unspecified atom stereocenters. The fraction of sp³-hybridized carbons (Fsp3) is 0.304. The van der Waals surface area contributed by atoms with Gasteiger partial charge in [-0.25, -0.2) is 24.5 Å². The van der Waals surface area contributed by atoms with Crippen molar-refractivity contribution in [2.75, 3.05) is 18.0 Å². The quantitative estimate of drug-likeness (QED) is 0.457. The molecular formula is C23H21F6N5O4. The molecule has 38 heavy (non-hydrogen) atoms. The van der Waals surface area contributed by atoms with Crippen molar-refractivity contribution < 1.29 is 46.1 Å². The summed E-state index contributed by atoms with van der Waals surface area (Å²) in [7, 11) is 0. The number of carboxylic acids is 2. The minimum absolute atomic E-state index is 0.908. The van der Waals surface area contributed by atoms with Crippen LogP contribution in [-0.4, -0.2) is 67.5 Å². The fourth-order valence-electron chi connectivity index (χ4n) is 3.22. The van der Waals surface area contributed by atoms with Gasteiger partial charge in [-0.3, -0.25) is 4.98 Å². The first-order chi connectivity index (χ1) is 17.7. The number of aliphatic carboxylic acids is 2. The van der Waals surface area contributed by atoms with Gasteiger partial charge in [-0.1, -0.05) is 6.07 Å². The van der Waals surface area contributed by atoms with Crippen LogP contribution in [0.4, 0.5) is 32.2 Å². The van der Waals surface area contributed by atoms with Crippen molar-refractivity contribution in [2.45, 2.75) is 32.1 Å². The van der Waals surface area contributed by atoms with Gasteiger partial charge in [0, 0.05) is 54.4 Å². The molecule has 15 heteroatoms. The highest BCUT2D eigenvalue weighted by Gasteiger charge is 2.38. The predicted molar refractivity (Wildman–Crippen MR) is 121 cm³/mol. The molecule has 4 rings (SSSR count). The van der Waals surface area contributed by atoms with E-state index in [0.717, 1.165) is 54.4 Å². The third-order valence-electron chi connectivity index (χ3n) is 4.92. The van der Waals surface area contributed by atoms with Crippen LogP contribution < -0.4 is 4.90 Å². The molecule has 0 aromatic carbocycles. The van der Waals surface area contributed by atoms with Crippen LogP contribution in [0.2, 0.25) is 0 Å². The third-order valence-corrected chi connectivity index (χ3v) is 4.92. The number of hydrogen-bond donors (Lipinski definition) is 2. The molecule has 2 N–H and O–H groups in total. The molecule has 0 atom stereocenters. The van der Waals surface area contributed by atoms with Crippen molar-refractivity contribution >= 4 is 17.8 Å². The van der Waals surface area contributed by atoms with Crippen molar-refractivity contribution in [1.82, 2.24) is 19.9 Å². The number of halogens is 6. The minimum atomic E-state index is -5.08. The van der Waals surface area contributed by atoms with Crippen molar-refractivity contribution in [3.63, 3.8) is 0 Å². The number of carbonyl (C=O) groups is 2. The van der Waals surface area contributed by atoms with Gasteiger partial charge in [0.2, 0.25) is 0 Å². The topological polar surface area (TPSA) is 129 Å². The first kappa shape index (κ1) is 29.9. The normalized spacial score (nSPS) is 13.1. The Hall–Kier alpha value is -4.30. The van der Waals surface area contributed by atoms with Gasteiger partial charge in [-0.05, 0) is 37.6 Å². The number of aryl methyl sites for hydroxylation is 1. The average molecular weight is 545 g/mol. The van der Waals surface area contributed by atoms with Gasteiger partial charge in [-0.2, -0.15) is 26.3 Å². The van der Waals surface area contributed by atoms with Crippen LogP contribution in [0, 0.1) is 6.92 Å². The summed E-state index contributed by atoms with van der Waals surface area (Å²) >= 11 is 0. The van der Waals surface area contributed by atoms with E-state index < -0.39 is 24.3 Å². The van der Waals surface area contributed by atoms with Crippen LogP contribution >= 0.6 is 0 Å². The van der Waals surface area contributed by atoms with Gasteiger partial charge in [0.05, 0.1) is 5.69 Å². The van der Waals surface area contributed by atoms with E-state index in [2.05, 4.69) is 37.0 Å². The smallest absolute Gasteiger partial charge is 0.475 e. The van der Waals surface area contributed by atoms with Crippen molar-refractivity contribution in [1.29, 1.82) is 0 Å². The van der Waals surface area contributed by atoms with Crippen molar-refractivity contribution in [3.8, 4) is 11.3 Å². The van der Waals surface area contributed by atoms with E-state index in [1.807, 2.05) is 37.5 Å². The molecule has 4 heterocycles. The summed E-state index contributed by atoms with van der Waals surface area (Å²) < 4.78 is 63.5. The molecule has 0 amide bonds. The van der Waals surface area contributed by atoms with Crippen LogP contribution in [0.25, 0.3) is 11.3 Å². The molecular weight excluding hydrogens is 524 g/mol. The van der Waals surface area contributed by atoms with E-state index in [1.54, 1.807) is 6.33 Å². The lowest BCUT2D eigenvalue weighted by molar-refractivity contribution is -0.193. The maximum absolute atomic E-state index is 10.6. The van der Waals surface area contributed by atoms with Crippen molar-refractivity contribution in [2.24, 2.45) is 0 Å². The van der Waals surface area contributed by atoms with Gasteiger partial charge in [0.15, 0.2) is 0 Å². The molecule has 0 saturated carbocycles. The molecule has 0 aliphatic carbocycles. The van der Waals surface area contributed by atoms with Crippen LogP contribution in [0.15, 0.2) is 49.1 Å². The second kappa shape index (κ2) is 12.8. The molecule has 0 spiro atoms. The summed E-state index contributed by atoms with van der Waals surface area (Å²) in [4.78, 5) is 38.0. The molecule has 0 radical (unpaired) electrons. The summed E-state index contributed by atoms with van der Waals surface area (Å²) in [6.07, 6.45) is -3.04. The summed E-state index contributed by atoms with van der Waals surface area (Å²) in [5.41, 5.74) is 5.57. The summed E-state index contributed by atoms with van der Waals surface area (Å²) in [6.45, 7) is 3.88. The number of rotatable bonds is 2. The van der Waals surface area contributed by atoms with Crippen LogP contribution in [0.3, 0.4) is 0 Å². The number of fused-ring (bicyclic) bond motifs is 1. The zero-order valence-corrected chi connectivity index (χ0v) is 19.7. The zero-order chi connectivity index (χ0) is 28.5. The standard InChI is InChI=1S/C19H19N5.2C2HF3O2/c1-14-3-2-4-18(23-14)24-11-7-16-17(8-12-24)21-13-22-19(16)15-5-9-20-10-6-15;2*3-2(4,5)1(6)7/h2-6,9-10,13H,7-8,11-12H2,1H3;2*(H,6,7). The van der Waals surface area contributed by atoms with Gasteiger partial charge < -0.3 is 15.1 Å². The zero-order valence-electron chi connectivity index (χ0n) is 19.7. The molecule has 0 bridgehead atoms. The maximum atomic E-state index is 10.6. The summed E-state index contributed by atoms with van der Waals surface area (Å²) in [6, 6.07) is 10.2. The summed E-state index contributed by atoms with van der Waals surface area (Å²) in [5.74, 6) is -4.47. The Bertz CT molecular complexity index is 1210. The Morgan fingerprint density at radius 2 is 1.42 bits per heavy atom. The monoisotopic (exact) mass is 545 g/mol. The van der Waals surface area contributed by atoms with Gasteiger partial charge in [-0.15, -0.1) is 0 Å². The first-order valence-corrected chi connectivity index (χ1v) is 10.7. The molecule has 0 fully saturated rings. The molecule has 3 aromatic rings. The highest BCUT2D eigenvalue weighted by Crippen LogP contribution is 2.26. The number of anilines is 1. The second-order valence-electron chi connectivity index (χ2n) is 7.61. The van der Waals surface area contributed by atoms with Gasteiger partial charge in [0.1, 0.15) is 12.1 Å². The number of carboxylic acid groups (broad SMARTS) is 2. The predicted octanol–water partition coefficient (Wildman–Crippen LogP) is 4.11. The highest BCUT2D eigenvalue weighted by atomic mass is 19.4. The Balaban J connectivity index is 0.000000301. The van der Waals surface area contributed by atoms with Crippen LogP contribution in [0.1, 0.15) is 17.0 Å². The molecule has 1 aliphatic rings. The Labute approximate surface area is 211 Å². The number of aromatic nitrogens is 4. The van der Waals surface area contributed by atoms with Crippen LogP contribution in [0.5, 0.6) is 0 Å². The van der Waals surface area contributed by atoms with E-state index in [-0.39, 0.29) is 0 Å². The number of hydrogen-bond acceptors (Lipinski definition) is 7. The number of pyridine rings is 2. The SMILES string of the molecule is Cc1cccc(N2CCc3ncnc(-c4ccncc4)c3CC2)n1.O=C(O)C(F)(F)F.O=C(O)C(F)(F)F. The van der Waals surface area contributed by atoms with Crippen molar-refractivity contribution in [3.05, 3.63) is 66.0 Å². The lowest BCUT2D eigenvalue weighted by Crippen LogP contribution is -2.27. The largest absolute Gasteiger partial charge is 0.490 e. The van der Waals surface area contributed by atoms with E-state index in [9.17, 15) is 26.3 Å². The van der Waals surface area contributed by atoms with Gasteiger partial charge in [0.25, 0.3) is 0 Å². The summed E-state index contributed by atoms with van der Waals surface area (Å²) in [5, 5.41) is 14.2. The van der Waals surface area contributed by atoms with E-state index in [1.165, 1.54) is 5.56 Å². The fourth-order valence-corrected chi connectivity index (χ4v) is 3.22. The lowest BCUT2D eigenvalue weighted by Gasteiger charge is -2.21. The van der Waals surface area contributed by atoms with Crippen LogP contribution in [-0.2, 0) is 22.4 Å². The number of nitrogens with zero attached hydrogens (tertiary/aromatic N) is 5. The maximum Gasteiger partial charge on any atom is 0.490 e. The number of alkyl halides is 6. The molecule has 3 aromatic heterocycles. The first-order valence-electron chi connectivity index (χ1n) is 10.7. The van der Waals surface area contributed by atoms with E-state index >= 15 is 0 Å². The lowest BCUT2D eigenvalue weighted by atomic mass is 10.0. The molecule has 1 aliphatic heterocycles. The Morgan fingerprint density at radius 1 is 0.868 bits per heavy atom. The van der Waals surface area contributed by atoms with E-state index in [4.69, 9.17) is 19.8 Å². The average Bonchev–Trinajstić information content (AvgIpc) is 3.07. The third kappa shape index (κ3) is 8.97. The Kier molecular flexibility index (Phi) is 10.1. The Morgan fingerprint density at radius 3 is 1.95 bits per heavy atom. The molecule has 9 nitrogen and oxygen atoms in total. The highest BCUT2D eigenvalue weighted by molar-refractivity contribution is 5.73. The van der Waals surface area contributed by atoms with Gasteiger partial charge >= 0.3 is 24.3 Å². The minimum Gasteiger partial charge on any atom is -0.475 e. The molecule has 204 valence electrons. The second-order valence-corrected chi connectivity index (χ2v) is 7.61. The molecule has 0 saturated heterocycles. The van der Waals surface area contributed by atoms with E-state index in [0.29, 0.717) is 0 Å².